The van der Waals surface area contributed by atoms with E-state index in [0.717, 1.165) is 75.1 Å². The third-order valence-electron chi connectivity index (χ3n) is 12.2. The van der Waals surface area contributed by atoms with Gasteiger partial charge in [0, 0.05) is 63.0 Å². The molecule has 0 radical (unpaired) electrons. The molecule has 4 aliphatic rings. The van der Waals surface area contributed by atoms with E-state index in [1.165, 1.54) is 30.2 Å². The molecule has 9 nitrogen and oxygen atoms in total. The van der Waals surface area contributed by atoms with Crippen molar-refractivity contribution >= 4 is 42.0 Å². The normalized spacial score (nSPS) is 26.8. The highest BCUT2D eigenvalue weighted by atomic mass is 16.5. The number of H-pyrrole nitrogens is 2. The monoisotopic (exact) mass is 734 g/mol. The Hall–Kier alpha value is -4.79. The van der Waals surface area contributed by atoms with Gasteiger partial charge in [0.1, 0.15) is 12.5 Å². The van der Waals surface area contributed by atoms with E-state index in [1.54, 1.807) is 0 Å². The second kappa shape index (κ2) is 15.9. The average Bonchev–Trinajstić information content (AvgIpc) is 3.87. The van der Waals surface area contributed by atoms with Crippen LogP contribution in [0.4, 0.5) is 0 Å². The van der Waals surface area contributed by atoms with Crippen LogP contribution >= 0.6 is 0 Å². The number of rotatable bonds is 12. The molecule has 2 aromatic heterocycles. The minimum absolute atomic E-state index is 0.0600. The van der Waals surface area contributed by atoms with Crippen molar-refractivity contribution in [3.8, 4) is 0 Å². The van der Waals surface area contributed by atoms with Gasteiger partial charge in [-0.1, -0.05) is 52.3 Å². The molecule has 2 fully saturated rings. The van der Waals surface area contributed by atoms with Crippen molar-refractivity contribution in [3.63, 3.8) is 0 Å². The number of carbonyl (C=O) groups excluding carboxylic acids is 3. The van der Waals surface area contributed by atoms with Crippen LogP contribution in [0.5, 0.6) is 0 Å². The number of carbonyl (C=O) groups is 3. The van der Waals surface area contributed by atoms with E-state index in [2.05, 4.69) is 93.9 Å². The predicted octanol–water partition coefficient (Wildman–Crippen LogP) is 6.57. The second-order valence-electron chi connectivity index (χ2n) is 16.0. The molecule has 0 amide bonds. The molecular weight excluding hydrogens is 677 g/mol. The first kappa shape index (κ1) is 38.9. The van der Waals surface area contributed by atoms with Crippen LogP contribution < -0.4 is 21.3 Å². The van der Waals surface area contributed by atoms with Crippen molar-refractivity contribution < 1.29 is 23.9 Å². The molecule has 288 valence electrons. The SMILES string of the molecule is C=Cc1c2[nH]c(c1C)/C=C1\N/C(=C3/[C@@H](C(=O)OC)C(=O)[C@@H]4C(C)=C(/C=c5/[nH]/c(c(C)c5CC)=C\2)N[C@@H]34)[C@@H](CCC(=O)OC/C=C(\C)CCCC(C)C)[C@@H]1C. The number of esters is 2. The van der Waals surface area contributed by atoms with Crippen molar-refractivity contribution in [2.75, 3.05) is 13.7 Å². The quantitative estimate of drug-likeness (QED) is 0.111. The summed E-state index contributed by atoms with van der Waals surface area (Å²) in [6, 6.07) is -0.438. The first-order valence-electron chi connectivity index (χ1n) is 19.7. The molecule has 3 aliphatic heterocycles. The van der Waals surface area contributed by atoms with Crippen LogP contribution in [0.2, 0.25) is 0 Å². The number of methoxy groups -OCH3 is 1. The Balaban J connectivity index is 1.44. The standard InChI is InChI=1S/C45H58N4O5/c1-11-29-25(6)32-20-34-27(8)31(16-17-38(50)54-19-18-24(5)15-13-14-23(3)4)42(48-34)40-41(45(52)53-10)44(51)39-28(9)35(49-43(39)40)22-37-30(12-2)26(7)33(47-37)21-36(29)46-32/h11,18,20-23,27,31,39,41,43,46-49H,1,12-17,19H2,2-10H3/b24-18+,33-21-,34-20-,37-22+,42-40-/t27-,31-,39+,41+,43+/m0/s1. The Kier molecular flexibility index (Phi) is 11.5. The Morgan fingerprint density at radius 1 is 1.02 bits per heavy atom. The summed E-state index contributed by atoms with van der Waals surface area (Å²) in [5.41, 5.74) is 11.8. The van der Waals surface area contributed by atoms with Crippen molar-refractivity contribution in [2.45, 2.75) is 100.0 Å². The molecule has 4 N–H and O–H groups in total. The van der Waals surface area contributed by atoms with Crippen LogP contribution in [0.15, 0.2) is 46.5 Å². The highest BCUT2D eigenvalue weighted by Gasteiger charge is 2.56. The fourth-order valence-electron chi connectivity index (χ4n) is 8.98. The van der Waals surface area contributed by atoms with Gasteiger partial charge in [0.15, 0.2) is 5.78 Å². The van der Waals surface area contributed by atoms with Crippen molar-refractivity contribution in [3.05, 3.63) is 90.8 Å². The van der Waals surface area contributed by atoms with Gasteiger partial charge in [-0.05, 0) is 111 Å². The lowest BCUT2D eigenvalue weighted by Crippen LogP contribution is -2.32. The third-order valence-corrected chi connectivity index (χ3v) is 12.2. The first-order chi connectivity index (χ1) is 25.8. The van der Waals surface area contributed by atoms with Gasteiger partial charge in [-0.2, -0.15) is 0 Å². The summed E-state index contributed by atoms with van der Waals surface area (Å²) >= 11 is 0. The Morgan fingerprint density at radius 2 is 1.78 bits per heavy atom. The number of ether oxygens (including phenoxy) is 2. The minimum atomic E-state index is -1.06. The molecule has 8 bridgehead atoms. The zero-order chi connectivity index (χ0) is 39.0. The largest absolute Gasteiger partial charge is 0.468 e. The van der Waals surface area contributed by atoms with E-state index >= 15 is 0 Å². The molecule has 2 aromatic rings. The van der Waals surface area contributed by atoms with Gasteiger partial charge >= 0.3 is 11.9 Å². The van der Waals surface area contributed by atoms with Crippen molar-refractivity contribution in [1.82, 2.24) is 20.6 Å². The van der Waals surface area contributed by atoms with Gasteiger partial charge in [-0.25, -0.2) is 0 Å². The molecular formula is C45H58N4O5. The first-order valence-corrected chi connectivity index (χ1v) is 19.7. The zero-order valence-corrected chi connectivity index (χ0v) is 33.5. The molecule has 0 aromatic carbocycles. The van der Waals surface area contributed by atoms with Gasteiger partial charge in [0.05, 0.1) is 19.1 Å². The highest BCUT2D eigenvalue weighted by Crippen LogP contribution is 2.49. The summed E-state index contributed by atoms with van der Waals surface area (Å²) < 4.78 is 11.0. The number of hydrogen-bond acceptors (Lipinski definition) is 7. The van der Waals surface area contributed by atoms with Crippen LogP contribution in [-0.2, 0) is 30.3 Å². The molecule has 6 rings (SSSR count). The molecule has 5 atom stereocenters. The Bertz CT molecular complexity index is 2120. The van der Waals surface area contributed by atoms with E-state index in [-0.39, 0.29) is 36.6 Å². The van der Waals surface area contributed by atoms with Gasteiger partial charge in [0.25, 0.3) is 0 Å². The number of aromatic amines is 2. The third kappa shape index (κ3) is 7.21. The lowest BCUT2D eigenvalue weighted by molar-refractivity contribution is -0.147. The van der Waals surface area contributed by atoms with E-state index in [9.17, 15) is 14.4 Å². The fourth-order valence-corrected chi connectivity index (χ4v) is 8.98. The summed E-state index contributed by atoms with van der Waals surface area (Å²) in [5.74, 6) is -2.17. The van der Waals surface area contributed by atoms with Crippen LogP contribution in [0.25, 0.3) is 24.3 Å². The number of aromatic nitrogens is 2. The Morgan fingerprint density at radius 3 is 2.46 bits per heavy atom. The lowest BCUT2D eigenvalue weighted by atomic mass is 9.84. The molecule has 1 saturated heterocycles. The highest BCUT2D eigenvalue weighted by molar-refractivity contribution is 6.08. The Labute approximate surface area is 319 Å². The van der Waals surface area contributed by atoms with Gasteiger partial charge in [-0.3, -0.25) is 14.4 Å². The molecule has 9 heteroatoms. The smallest absolute Gasteiger partial charge is 0.320 e. The van der Waals surface area contributed by atoms with Crippen molar-refractivity contribution in [1.29, 1.82) is 0 Å². The number of ketones is 1. The molecule has 5 heterocycles. The maximum atomic E-state index is 14.4. The van der Waals surface area contributed by atoms with Gasteiger partial charge < -0.3 is 30.1 Å². The number of Topliss-reactive ketones (excluding diaryl/α,β-unsaturated/α-hetero) is 1. The summed E-state index contributed by atoms with van der Waals surface area (Å²) in [7, 11) is 1.33. The lowest BCUT2D eigenvalue weighted by Gasteiger charge is -2.23. The number of fused-ring (bicyclic) bond motifs is 7. The van der Waals surface area contributed by atoms with Crippen molar-refractivity contribution in [2.24, 2.45) is 29.6 Å². The molecule has 1 saturated carbocycles. The predicted molar refractivity (Wildman–Crippen MR) is 215 cm³/mol. The fraction of sp³-hybridized carbons (Fsp3) is 0.489. The molecule has 0 spiro atoms. The summed E-state index contributed by atoms with van der Waals surface area (Å²) in [5, 5.41) is 9.40. The van der Waals surface area contributed by atoms with E-state index < -0.39 is 23.8 Å². The summed E-state index contributed by atoms with van der Waals surface area (Å²) in [6.45, 7) is 21.4. The van der Waals surface area contributed by atoms with Crippen LogP contribution in [0.3, 0.4) is 0 Å². The van der Waals surface area contributed by atoms with E-state index in [1.807, 2.05) is 19.1 Å². The average molecular weight is 735 g/mol. The number of nitrogens with one attached hydrogen (secondary N) is 4. The maximum Gasteiger partial charge on any atom is 0.320 e. The van der Waals surface area contributed by atoms with E-state index in [0.29, 0.717) is 17.9 Å². The van der Waals surface area contributed by atoms with Gasteiger partial charge in [0.2, 0.25) is 0 Å². The van der Waals surface area contributed by atoms with Crippen LogP contribution in [0, 0.1) is 43.4 Å². The molecule has 0 unspecified atom stereocenters. The topological polar surface area (TPSA) is 125 Å². The second-order valence-corrected chi connectivity index (χ2v) is 16.0. The van der Waals surface area contributed by atoms with Gasteiger partial charge in [-0.15, -0.1) is 0 Å². The zero-order valence-electron chi connectivity index (χ0n) is 33.5. The maximum absolute atomic E-state index is 14.4. The molecule has 1 aliphatic carbocycles. The summed E-state index contributed by atoms with van der Waals surface area (Å²) in [6.07, 6.45) is 15.1. The number of hydrogen-bond donors (Lipinski definition) is 4. The van der Waals surface area contributed by atoms with Crippen LogP contribution in [0.1, 0.15) is 107 Å². The van der Waals surface area contributed by atoms with E-state index in [4.69, 9.17) is 9.47 Å². The summed E-state index contributed by atoms with van der Waals surface area (Å²) in [4.78, 5) is 48.4. The minimum Gasteiger partial charge on any atom is -0.468 e. The molecule has 54 heavy (non-hydrogen) atoms. The number of allylic oxidation sites excluding steroid dienone is 4. The van der Waals surface area contributed by atoms with Crippen LogP contribution in [-0.4, -0.2) is 47.4 Å².